The van der Waals surface area contributed by atoms with Gasteiger partial charge in [-0.1, -0.05) is 59.2 Å². The van der Waals surface area contributed by atoms with Crippen molar-refractivity contribution in [1.82, 2.24) is 0 Å². The van der Waals surface area contributed by atoms with Crippen LogP contribution in [0, 0.1) is 0 Å². The van der Waals surface area contributed by atoms with Gasteiger partial charge in [0.15, 0.2) is 0 Å². The molecule has 0 saturated heterocycles. The van der Waals surface area contributed by atoms with E-state index in [-0.39, 0.29) is 27.2 Å². The molecule has 1 atom stereocenters. The summed E-state index contributed by atoms with van der Waals surface area (Å²) in [7, 11) is 0. The van der Waals surface area contributed by atoms with Crippen LogP contribution in [-0.2, 0) is 6.18 Å². The molecule has 2 aromatic rings. The molecule has 1 unspecified atom stereocenters. The summed E-state index contributed by atoms with van der Waals surface area (Å²) in [6, 6.07) is 3.03. The maximum absolute atomic E-state index is 14.8. The first-order valence-electron chi connectivity index (χ1n) is 9.21. The van der Waals surface area contributed by atoms with Crippen LogP contribution in [-0.4, -0.2) is 17.2 Å². The number of rotatable bonds is 6. The second kappa shape index (κ2) is 10.8. The van der Waals surface area contributed by atoms with Gasteiger partial charge in [-0.15, -0.1) is 0 Å². The molecule has 0 aromatic heterocycles. The minimum absolute atomic E-state index is 0.0209. The van der Waals surface area contributed by atoms with Crippen LogP contribution < -0.4 is 0 Å². The first-order chi connectivity index (χ1) is 15.8. The van der Waals surface area contributed by atoms with E-state index in [1.54, 1.807) is 0 Å². The molecule has 0 nitrogen and oxygen atoms in total. The second-order valence-corrected chi connectivity index (χ2v) is 8.81. The standard InChI is InChI=1S/C21H11Cl3F10S/c22-14-6-10(7-15(23)18(14)24)12(20(29,30)31)8-16(25)9-1-2-11(13(5-9)21(32,33)34)17(35)3-4-19(26,27)28/h1-2,5-8,12H,3-4H2/b16-8-. The minimum Gasteiger partial charge on any atom is -0.207 e. The molecule has 2 aromatic carbocycles. The Labute approximate surface area is 212 Å². The van der Waals surface area contributed by atoms with Crippen molar-refractivity contribution in [3.63, 3.8) is 0 Å². The Balaban J connectivity index is 2.55. The van der Waals surface area contributed by atoms with Crippen LogP contribution in [0.15, 0.2) is 36.4 Å². The third-order valence-corrected chi connectivity index (χ3v) is 6.19. The topological polar surface area (TPSA) is 0 Å². The molecule has 0 radical (unpaired) electrons. The highest BCUT2D eigenvalue weighted by atomic mass is 35.5. The van der Waals surface area contributed by atoms with Crippen molar-refractivity contribution in [1.29, 1.82) is 0 Å². The van der Waals surface area contributed by atoms with Gasteiger partial charge in [0.05, 0.1) is 20.6 Å². The fraction of sp³-hybridized carbons (Fsp3) is 0.286. The van der Waals surface area contributed by atoms with Crippen molar-refractivity contribution in [3.05, 3.63) is 73.7 Å². The van der Waals surface area contributed by atoms with Gasteiger partial charge >= 0.3 is 18.5 Å². The molecule has 14 heteroatoms. The molecule has 0 saturated carbocycles. The summed E-state index contributed by atoms with van der Waals surface area (Å²) in [4.78, 5) is -0.691. The van der Waals surface area contributed by atoms with E-state index in [4.69, 9.17) is 34.8 Å². The van der Waals surface area contributed by atoms with Crippen LogP contribution in [0.2, 0.25) is 15.1 Å². The van der Waals surface area contributed by atoms with Crippen LogP contribution in [0.5, 0.6) is 0 Å². The number of alkyl halides is 9. The van der Waals surface area contributed by atoms with Gasteiger partial charge in [0.25, 0.3) is 0 Å². The zero-order valence-electron chi connectivity index (χ0n) is 16.8. The fourth-order valence-corrected chi connectivity index (χ4v) is 3.83. The van der Waals surface area contributed by atoms with Gasteiger partial charge in [0.1, 0.15) is 11.7 Å². The highest BCUT2D eigenvalue weighted by Crippen LogP contribution is 2.43. The van der Waals surface area contributed by atoms with Crippen LogP contribution in [0.1, 0.15) is 41.0 Å². The number of hydrogen-bond donors (Lipinski definition) is 0. The van der Waals surface area contributed by atoms with E-state index >= 15 is 0 Å². The van der Waals surface area contributed by atoms with Crippen molar-refractivity contribution >= 4 is 57.7 Å². The van der Waals surface area contributed by atoms with Gasteiger partial charge in [0, 0.05) is 22.4 Å². The Morgan fingerprint density at radius 2 is 1.43 bits per heavy atom. The summed E-state index contributed by atoms with van der Waals surface area (Å²) >= 11 is 21.8. The Morgan fingerprint density at radius 1 is 0.886 bits per heavy atom. The highest BCUT2D eigenvalue weighted by Gasteiger charge is 2.41. The van der Waals surface area contributed by atoms with E-state index in [0.29, 0.717) is 12.1 Å². The van der Waals surface area contributed by atoms with Crippen molar-refractivity contribution < 1.29 is 43.9 Å². The van der Waals surface area contributed by atoms with Gasteiger partial charge in [-0.2, -0.15) is 39.5 Å². The first kappa shape index (κ1) is 29.7. The summed E-state index contributed by atoms with van der Waals surface area (Å²) in [6.07, 6.45) is -17.4. The quantitative estimate of drug-likeness (QED) is 0.139. The van der Waals surface area contributed by atoms with E-state index in [0.717, 1.165) is 12.1 Å². The average Bonchev–Trinajstić information content (AvgIpc) is 2.71. The van der Waals surface area contributed by atoms with E-state index in [2.05, 4.69) is 12.2 Å². The summed E-state index contributed by atoms with van der Waals surface area (Å²) in [5, 5.41) is -0.990. The number of hydrogen-bond acceptors (Lipinski definition) is 1. The lowest BCUT2D eigenvalue weighted by atomic mass is 9.94. The summed E-state index contributed by atoms with van der Waals surface area (Å²) in [5.41, 5.74) is -3.93. The van der Waals surface area contributed by atoms with Crippen LogP contribution in [0.25, 0.3) is 5.83 Å². The van der Waals surface area contributed by atoms with Crippen LogP contribution in [0.4, 0.5) is 43.9 Å². The molecule has 0 aliphatic rings. The zero-order valence-corrected chi connectivity index (χ0v) is 19.9. The van der Waals surface area contributed by atoms with Gasteiger partial charge in [0.2, 0.25) is 0 Å². The van der Waals surface area contributed by atoms with E-state index < -0.39 is 70.2 Å². The predicted octanol–water partition coefficient (Wildman–Crippen LogP) is 10.4. The molecule has 0 aliphatic heterocycles. The van der Waals surface area contributed by atoms with Crippen LogP contribution in [0.3, 0.4) is 0 Å². The fourth-order valence-electron chi connectivity index (χ4n) is 2.94. The zero-order chi connectivity index (χ0) is 26.9. The van der Waals surface area contributed by atoms with Gasteiger partial charge in [-0.05, 0) is 36.3 Å². The molecule has 0 heterocycles. The third-order valence-electron chi connectivity index (χ3n) is 4.57. The van der Waals surface area contributed by atoms with Gasteiger partial charge < -0.3 is 0 Å². The SMILES string of the molecule is F/C(=C\C(c1cc(Cl)c(Cl)c(Cl)c1)C(F)(F)F)c1ccc(C(=S)CCC(F)(F)F)c(C(F)(F)F)c1. The molecule has 192 valence electrons. The van der Waals surface area contributed by atoms with Crippen LogP contribution >= 0.6 is 47.0 Å². The van der Waals surface area contributed by atoms with E-state index in [1.807, 2.05) is 0 Å². The normalized spacial score (nSPS) is 14.3. The molecule has 35 heavy (non-hydrogen) atoms. The lowest BCUT2D eigenvalue weighted by molar-refractivity contribution is -0.140. The Kier molecular flexibility index (Phi) is 9.17. The lowest BCUT2D eigenvalue weighted by Gasteiger charge is -2.19. The third kappa shape index (κ3) is 7.96. The van der Waals surface area contributed by atoms with Gasteiger partial charge in [-0.3, -0.25) is 0 Å². The van der Waals surface area contributed by atoms with E-state index in [9.17, 15) is 43.9 Å². The molecule has 0 aliphatic carbocycles. The molecular formula is C21H11Cl3F10S. The van der Waals surface area contributed by atoms with E-state index in [1.165, 1.54) is 0 Å². The largest absolute Gasteiger partial charge is 0.417 e. The first-order valence-corrected chi connectivity index (χ1v) is 10.8. The number of allylic oxidation sites excluding steroid dienone is 1. The molecule has 0 spiro atoms. The maximum atomic E-state index is 14.8. The predicted molar refractivity (Wildman–Crippen MR) is 118 cm³/mol. The summed E-state index contributed by atoms with van der Waals surface area (Å²) in [5.74, 6) is -4.36. The van der Waals surface area contributed by atoms with Crippen molar-refractivity contribution in [2.45, 2.75) is 37.3 Å². The number of benzene rings is 2. The average molecular weight is 592 g/mol. The monoisotopic (exact) mass is 590 g/mol. The molecule has 0 bridgehead atoms. The van der Waals surface area contributed by atoms with Crippen molar-refractivity contribution in [3.8, 4) is 0 Å². The molecule has 0 amide bonds. The minimum atomic E-state index is -5.19. The molecule has 0 N–H and O–H groups in total. The summed E-state index contributed by atoms with van der Waals surface area (Å²) < 4.78 is 134. The maximum Gasteiger partial charge on any atom is 0.417 e. The van der Waals surface area contributed by atoms with Gasteiger partial charge in [-0.25, -0.2) is 4.39 Å². The smallest absolute Gasteiger partial charge is 0.207 e. The summed E-state index contributed by atoms with van der Waals surface area (Å²) in [6.45, 7) is 0. The Hall–Kier alpha value is -1.56. The number of halogens is 13. The molecule has 2 rings (SSSR count). The Bertz CT molecular complexity index is 1110. The highest BCUT2D eigenvalue weighted by molar-refractivity contribution is 7.80. The molecule has 0 fully saturated rings. The molecular weight excluding hydrogens is 581 g/mol. The second-order valence-electron chi connectivity index (χ2n) is 7.13. The van der Waals surface area contributed by atoms with Crippen molar-refractivity contribution in [2.24, 2.45) is 0 Å². The Morgan fingerprint density at radius 3 is 1.89 bits per heavy atom. The van der Waals surface area contributed by atoms with Crippen molar-refractivity contribution in [2.75, 3.05) is 0 Å². The lowest BCUT2D eigenvalue weighted by Crippen LogP contribution is -2.19. The number of thiocarbonyl (C=S) groups is 1.